The number of amides is 1. The van der Waals surface area contributed by atoms with Crippen LogP contribution in [-0.2, 0) is 17.8 Å². The lowest BCUT2D eigenvalue weighted by Crippen LogP contribution is -2.24. The molecule has 3 aromatic rings. The first-order chi connectivity index (χ1) is 14.2. The highest BCUT2D eigenvalue weighted by atomic mass is 16.5. The molecule has 0 saturated carbocycles. The predicted molar refractivity (Wildman–Crippen MR) is 109 cm³/mol. The number of carbonyl (C=O) groups is 1. The summed E-state index contributed by atoms with van der Waals surface area (Å²) in [7, 11) is 0. The molecule has 29 heavy (non-hydrogen) atoms. The Bertz CT molecular complexity index is 981. The normalized spacial score (nSPS) is 16.4. The van der Waals surface area contributed by atoms with Crippen LogP contribution in [-0.4, -0.2) is 34.1 Å². The first-order valence-electron chi connectivity index (χ1n) is 10.1. The topological polar surface area (TPSA) is 68.5 Å². The van der Waals surface area contributed by atoms with Gasteiger partial charge in [0.2, 0.25) is 17.6 Å². The van der Waals surface area contributed by atoms with Gasteiger partial charge in [-0.1, -0.05) is 48.5 Å². The molecule has 1 fully saturated rings. The molecular weight excluding hydrogens is 366 g/mol. The molecule has 1 aliphatic heterocycles. The number of likely N-dealkylation sites (tertiary alicyclic amines) is 1. The van der Waals surface area contributed by atoms with Gasteiger partial charge in [0, 0.05) is 25.1 Å². The molecule has 1 amide bonds. The number of hydrogen-bond donors (Lipinski definition) is 0. The zero-order valence-electron chi connectivity index (χ0n) is 16.8. The van der Waals surface area contributed by atoms with Gasteiger partial charge >= 0.3 is 0 Å². The minimum absolute atomic E-state index is 0.0752. The minimum Gasteiger partial charge on any atom is -0.494 e. The van der Waals surface area contributed by atoms with E-state index in [0.717, 1.165) is 23.3 Å². The second-order valence-electron chi connectivity index (χ2n) is 7.26. The van der Waals surface area contributed by atoms with Gasteiger partial charge in [0.15, 0.2) is 0 Å². The van der Waals surface area contributed by atoms with Gasteiger partial charge in [-0.15, -0.1) is 0 Å². The number of ether oxygens (including phenoxy) is 1. The zero-order valence-corrected chi connectivity index (χ0v) is 16.8. The van der Waals surface area contributed by atoms with Gasteiger partial charge in [-0.3, -0.25) is 4.79 Å². The molecule has 0 N–H and O–H groups in total. The number of aryl methyl sites for hydroxylation is 1. The average molecular weight is 391 g/mol. The van der Waals surface area contributed by atoms with Crippen molar-refractivity contribution >= 4 is 5.91 Å². The minimum atomic E-state index is -0.0752. The van der Waals surface area contributed by atoms with Crippen LogP contribution >= 0.6 is 0 Å². The highest BCUT2D eigenvalue weighted by Crippen LogP contribution is 2.30. The number of carbonyl (C=O) groups excluding carboxylic acids is 1. The van der Waals surface area contributed by atoms with E-state index in [1.54, 1.807) is 0 Å². The predicted octanol–water partition coefficient (Wildman–Crippen LogP) is 4.21. The molecule has 150 valence electrons. The molecule has 0 aliphatic carbocycles. The Morgan fingerprint density at radius 1 is 1.14 bits per heavy atom. The maximum Gasteiger partial charge on any atom is 0.232 e. The molecule has 1 aliphatic rings. The molecule has 1 atom stereocenters. The summed E-state index contributed by atoms with van der Waals surface area (Å²) in [5.41, 5.74) is 3.24. The van der Waals surface area contributed by atoms with Gasteiger partial charge in [0.05, 0.1) is 12.5 Å². The third-order valence-electron chi connectivity index (χ3n) is 5.21. The van der Waals surface area contributed by atoms with Gasteiger partial charge in [-0.05, 0) is 36.6 Å². The molecule has 0 spiro atoms. The third-order valence-corrected chi connectivity index (χ3v) is 5.21. The molecule has 6 heteroatoms. The molecule has 2 heterocycles. The number of rotatable bonds is 7. The van der Waals surface area contributed by atoms with Crippen LogP contribution in [0.5, 0.6) is 5.75 Å². The molecule has 1 unspecified atom stereocenters. The average Bonchev–Trinajstić information content (AvgIpc) is 3.36. The fourth-order valence-electron chi connectivity index (χ4n) is 3.62. The smallest absolute Gasteiger partial charge is 0.232 e. The van der Waals surface area contributed by atoms with Crippen LogP contribution in [0.4, 0.5) is 0 Å². The quantitative estimate of drug-likeness (QED) is 0.603. The highest BCUT2D eigenvalue weighted by molar-refractivity contribution is 5.79. The molecule has 1 aromatic heterocycles. The van der Waals surface area contributed by atoms with Gasteiger partial charge in [-0.25, -0.2) is 0 Å². The van der Waals surface area contributed by atoms with Gasteiger partial charge in [0.25, 0.3) is 0 Å². The van der Waals surface area contributed by atoms with Crippen molar-refractivity contribution in [2.75, 3.05) is 13.2 Å². The molecule has 0 bridgehead atoms. The molecule has 0 radical (unpaired) electrons. The van der Waals surface area contributed by atoms with Crippen molar-refractivity contribution < 1.29 is 14.1 Å². The van der Waals surface area contributed by atoms with Crippen molar-refractivity contribution in [1.82, 2.24) is 15.0 Å². The Hall–Kier alpha value is -3.15. The second kappa shape index (κ2) is 8.47. The summed E-state index contributed by atoms with van der Waals surface area (Å²) >= 11 is 0. The molecule has 1 saturated heterocycles. The van der Waals surface area contributed by atoms with E-state index in [-0.39, 0.29) is 11.8 Å². The van der Waals surface area contributed by atoms with E-state index in [0.29, 0.717) is 37.8 Å². The van der Waals surface area contributed by atoms with Crippen LogP contribution in [0.2, 0.25) is 0 Å². The first-order valence-corrected chi connectivity index (χ1v) is 10.1. The summed E-state index contributed by atoms with van der Waals surface area (Å²) in [6, 6.07) is 16.0. The summed E-state index contributed by atoms with van der Waals surface area (Å²) in [4.78, 5) is 18.9. The van der Waals surface area contributed by atoms with Crippen LogP contribution in [0.1, 0.15) is 43.2 Å². The van der Waals surface area contributed by atoms with Gasteiger partial charge in [0.1, 0.15) is 5.75 Å². The van der Waals surface area contributed by atoms with Crippen molar-refractivity contribution in [3.63, 3.8) is 0 Å². The van der Waals surface area contributed by atoms with E-state index >= 15 is 0 Å². The zero-order chi connectivity index (χ0) is 20.2. The van der Waals surface area contributed by atoms with E-state index in [1.165, 1.54) is 5.56 Å². The highest BCUT2D eigenvalue weighted by Gasteiger charge is 2.34. The summed E-state index contributed by atoms with van der Waals surface area (Å²) in [6.07, 6.45) is 1.38. The summed E-state index contributed by atoms with van der Waals surface area (Å²) < 4.78 is 11.0. The van der Waals surface area contributed by atoms with Crippen molar-refractivity contribution in [2.45, 2.75) is 39.2 Å². The van der Waals surface area contributed by atoms with E-state index < -0.39 is 0 Å². The first kappa shape index (κ1) is 19.2. The van der Waals surface area contributed by atoms with E-state index in [9.17, 15) is 4.79 Å². The second-order valence-corrected chi connectivity index (χ2v) is 7.26. The van der Waals surface area contributed by atoms with Crippen LogP contribution in [0, 0.1) is 0 Å². The van der Waals surface area contributed by atoms with Crippen molar-refractivity contribution in [3.05, 3.63) is 65.5 Å². The Kier molecular flexibility index (Phi) is 5.60. The van der Waals surface area contributed by atoms with Crippen molar-refractivity contribution in [3.8, 4) is 17.1 Å². The third kappa shape index (κ3) is 4.31. The Labute approximate surface area is 170 Å². The molecule has 4 rings (SSSR count). The number of benzene rings is 2. The lowest BCUT2D eigenvalue weighted by Gasteiger charge is -2.16. The van der Waals surface area contributed by atoms with Gasteiger partial charge < -0.3 is 14.2 Å². The number of aromatic nitrogens is 2. The number of hydrogen-bond acceptors (Lipinski definition) is 5. The number of nitrogens with zero attached hydrogens (tertiary/aromatic N) is 3. The molecule has 6 nitrogen and oxygen atoms in total. The SMILES string of the molecule is CCOc1cccc(CN2CC(c3nc(-c4ccc(CC)cc4)no3)CC2=O)c1. The van der Waals surface area contributed by atoms with E-state index in [4.69, 9.17) is 9.26 Å². The summed E-state index contributed by atoms with van der Waals surface area (Å²) in [5, 5.41) is 4.12. The van der Waals surface area contributed by atoms with Crippen molar-refractivity contribution in [1.29, 1.82) is 0 Å². The van der Waals surface area contributed by atoms with Crippen LogP contribution in [0.3, 0.4) is 0 Å². The maximum atomic E-state index is 12.5. The summed E-state index contributed by atoms with van der Waals surface area (Å²) in [6.45, 7) is 5.83. The Balaban J connectivity index is 1.44. The maximum absolute atomic E-state index is 12.5. The van der Waals surface area contributed by atoms with Crippen LogP contribution in [0.25, 0.3) is 11.4 Å². The van der Waals surface area contributed by atoms with Crippen LogP contribution in [0.15, 0.2) is 53.1 Å². The Morgan fingerprint density at radius 2 is 1.97 bits per heavy atom. The Morgan fingerprint density at radius 3 is 2.72 bits per heavy atom. The standard InChI is InChI=1S/C23H25N3O3/c1-3-16-8-10-18(11-9-16)22-24-23(29-25-22)19-13-21(27)26(15-19)14-17-6-5-7-20(12-17)28-4-2/h5-12,19H,3-4,13-15H2,1-2H3. The summed E-state index contributed by atoms with van der Waals surface area (Å²) in [5.74, 6) is 1.94. The lowest BCUT2D eigenvalue weighted by atomic mass is 10.1. The monoisotopic (exact) mass is 391 g/mol. The largest absolute Gasteiger partial charge is 0.494 e. The van der Waals surface area contributed by atoms with Crippen molar-refractivity contribution in [2.24, 2.45) is 0 Å². The van der Waals surface area contributed by atoms with Gasteiger partial charge in [-0.2, -0.15) is 4.98 Å². The molecular formula is C23H25N3O3. The molecule has 2 aromatic carbocycles. The fraction of sp³-hybridized carbons (Fsp3) is 0.348. The van der Waals surface area contributed by atoms with Crippen LogP contribution < -0.4 is 4.74 Å². The van der Waals surface area contributed by atoms with E-state index in [2.05, 4.69) is 29.2 Å². The lowest BCUT2D eigenvalue weighted by molar-refractivity contribution is -0.128. The fourth-order valence-corrected chi connectivity index (χ4v) is 3.62. The van der Waals surface area contributed by atoms with E-state index in [1.807, 2.05) is 48.2 Å².